The molecule has 0 aliphatic rings. The highest BCUT2D eigenvalue weighted by molar-refractivity contribution is 5.90. The van der Waals surface area contributed by atoms with Gasteiger partial charge in [0.05, 0.1) is 0 Å². The number of unbranched alkanes of at least 4 members (excludes halogenated alkanes) is 7. The van der Waals surface area contributed by atoms with Gasteiger partial charge in [-0.3, -0.25) is 9.59 Å². The molecule has 0 saturated heterocycles. The molecular formula is C18H36N2O2. The third-order valence-electron chi connectivity index (χ3n) is 2.80. The predicted octanol–water partition coefficient (Wildman–Crippen LogP) is 4.24. The molecule has 0 aromatic heterocycles. The van der Waals surface area contributed by atoms with Crippen LogP contribution in [0.5, 0.6) is 0 Å². The van der Waals surface area contributed by atoms with Crippen molar-refractivity contribution in [3.63, 3.8) is 0 Å². The molecule has 0 aliphatic carbocycles. The summed E-state index contributed by atoms with van der Waals surface area (Å²) in [4.78, 5) is 19.6. The van der Waals surface area contributed by atoms with E-state index in [2.05, 4.69) is 27.0 Å². The normalized spacial score (nSPS) is 8.73. The van der Waals surface area contributed by atoms with Crippen LogP contribution in [0.1, 0.15) is 79.1 Å². The molecule has 0 fully saturated rings. The summed E-state index contributed by atoms with van der Waals surface area (Å²) in [6.07, 6.45) is 11.5. The van der Waals surface area contributed by atoms with E-state index in [4.69, 9.17) is 11.5 Å². The van der Waals surface area contributed by atoms with Crippen LogP contribution in [0.2, 0.25) is 0 Å². The summed E-state index contributed by atoms with van der Waals surface area (Å²) in [5, 5.41) is 0. The first-order valence-corrected chi connectivity index (χ1v) is 8.11. The maximum atomic E-state index is 9.82. The van der Waals surface area contributed by atoms with Crippen LogP contribution in [-0.4, -0.2) is 11.8 Å². The van der Waals surface area contributed by atoms with Crippen molar-refractivity contribution in [2.24, 2.45) is 11.5 Å². The molecular weight excluding hydrogens is 276 g/mol. The molecule has 0 aromatic carbocycles. The van der Waals surface area contributed by atoms with E-state index < -0.39 is 11.8 Å². The minimum Gasteiger partial charge on any atom is -0.366 e. The average molecular weight is 312 g/mol. The number of hydrogen-bond acceptors (Lipinski definition) is 2. The molecule has 0 aromatic rings. The quantitative estimate of drug-likeness (QED) is 0.492. The first-order valence-electron chi connectivity index (χ1n) is 8.11. The molecule has 0 unspecified atom stereocenters. The van der Waals surface area contributed by atoms with Gasteiger partial charge in [0.25, 0.3) is 0 Å². The Labute approximate surface area is 137 Å². The number of carbonyl (C=O) groups is 2. The molecule has 0 radical (unpaired) electrons. The fraction of sp³-hybridized carbons (Fsp3) is 0.667. The van der Waals surface area contributed by atoms with Crippen LogP contribution in [0, 0.1) is 0 Å². The van der Waals surface area contributed by atoms with E-state index in [1.54, 1.807) is 13.8 Å². The molecule has 4 heteroatoms. The largest absolute Gasteiger partial charge is 0.366 e. The number of primary amides is 2. The SMILES string of the molecule is C=C(C)C(N)=O.C=C(C)C(N)=O.CCCCCCCCCC. The topological polar surface area (TPSA) is 86.2 Å². The van der Waals surface area contributed by atoms with Gasteiger partial charge < -0.3 is 11.5 Å². The van der Waals surface area contributed by atoms with Gasteiger partial charge in [0, 0.05) is 11.1 Å². The van der Waals surface area contributed by atoms with Gasteiger partial charge in [-0.1, -0.05) is 78.4 Å². The molecule has 0 atom stereocenters. The van der Waals surface area contributed by atoms with Crippen LogP contribution < -0.4 is 11.5 Å². The molecule has 0 aliphatic heterocycles. The van der Waals surface area contributed by atoms with E-state index in [-0.39, 0.29) is 0 Å². The second kappa shape index (κ2) is 19.4. The Hall–Kier alpha value is -1.58. The first-order chi connectivity index (χ1) is 10.2. The van der Waals surface area contributed by atoms with Crippen LogP contribution in [0.25, 0.3) is 0 Å². The Morgan fingerprint density at radius 3 is 1.00 bits per heavy atom. The third kappa shape index (κ3) is 31.0. The number of nitrogens with two attached hydrogens (primary N) is 2. The van der Waals surface area contributed by atoms with Gasteiger partial charge in [-0.05, 0) is 13.8 Å². The van der Waals surface area contributed by atoms with E-state index >= 15 is 0 Å². The molecule has 2 amide bonds. The van der Waals surface area contributed by atoms with E-state index in [1.807, 2.05) is 0 Å². The van der Waals surface area contributed by atoms with Gasteiger partial charge in [-0.15, -0.1) is 0 Å². The monoisotopic (exact) mass is 312 g/mol. The van der Waals surface area contributed by atoms with Crippen molar-refractivity contribution in [1.29, 1.82) is 0 Å². The minimum absolute atomic E-state index is 0.398. The van der Waals surface area contributed by atoms with Crippen molar-refractivity contribution < 1.29 is 9.59 Å². The number of rotatable bonds is 9. The highest BCUT2D eigenvalue weighted by Crippen LogP contribution is 2.07. The van der Waals surface area contributed by atoms with Gasteiger partial charge in [-0.2, -0.15) is 0 Å². The zero-order chi connectivity index (χ0) is 18.0. The Bertz CT molecular complexity index is 267. The average Bonchev–Trinajstić information content (AvgIpc) is 2.44. The molecule has 0 rings (SSSR count). The van der Waals surface area contributed by atoms with Crippen LogP contribution in [0.15, 0.2) is 24.3 Å². The highest BCUT2D eigenvalue weighted by atomic mass is 16.1. The lowest BCUT2D eigenvalue weighted by atomic mass is 10.1. The maximum absolute atomic E-state index is 9.82. The van der Waals surface area contributed by atoms with Crippen LogP contribution >= 0.6 is 0 Å². The fourth-order valence-corrected chi connectivity index (χ4v) is 1.21. The Balaban J connectivity index is -0.000000261. The summed E-state index contributed by atoms with van der Waals surface area (Å²) in [7, 11) is 0. The highest BCUT2D eigenvalue weighted by Gasteiger charge is 1.88. The summed E-state index contributed by atoms with van der Waals surface area (Å²) >= 11 is 0. The van der Waals surface area contributed by atoms with E-state index in [0.29, 0.717) is 11.1 Å². The number of amides is 2. The first kappa shape index (κ1) is 25.4. The Kier molecular flexibility index (Phi) is 22.4. The van der Waals surface area contributed by atoms with Crippen LogP contribution in [0.4, 0.5) is 0 Å². The van der Waals surface area contributed by atoms with Crippen molar-refractivity contribution in [2.45, 2.75) is 79.1 Å². The lowest BCUT2D eigenvalue weighted by molar-refractivity contribution is -0.115. The molecule has 0 heterocycles. The van der Waals surface area contributed by atoms with Gasteiger partial charge in [0.15, 0.2) is 0 Å². The van der Waals surface area contributed by atoms with E-state index in [9.17, 15) is 9.59 Å². The summed E-state index contributed by atoms with van der Waals surface area (Å²) in [5.41, 5.74) is 10.2. The minimum atomic E-state index is -0.435. The zero-order valence-corrected chi connectivity index (χ0v) is 15.0. The third-order valence-corrected chi connectivity index (χ3v) is 2.80. The van der Waals surface area contributed by atoms with Crippen LogP contribution in [-0.2, 0) is 9.59 Å². The summed E-state index contributed by atoms with van der Waals surface area (Å²) in [6.45, 7) is 14.2. The molecule has 0 spiro atoms. The van der Waals surface area contributed by atoms with Crippen molar-refractivity contribution in [3.8, 4) is 0 Å². The fourth-order valence-electron chi connectivity index (χ4n) is 1.21. The summed E-state index contributed by atoms with van der Waals surface area (Å²) in [5.74, 6) is -0.870. The van der Waals surface area contributed by atoms with Crippen molar-refractivity contribution in [2.75, 3.05) is 0 Å². The second-order valence-corrected chi connectivity index (χ2v) is 5.41. The second-order valence-electron chi connectivity index (χ2n) is 5.41. The molecule has 0 bridgehead atoms. The lowest BCUT2D eigenvalue weighted by Gasteiger charge is -1.97. The predicted molar refractivity (Wildman–Crippen MR) is 96.3 cm³/mol. The molecule has 22 heavy (non-hydrogen) atoms. The number of hydrogen-bond donors (Lipinski definition) is 2. The zero-order valence-electron chi connectivity index (χ0n) is 15.0. The van der Waals surface area contributed by atoms with E-state index in [1.165, 1.54) is 51.4 Å². The van der Waals surface area contributed by atoms with E-state index in [0.717, 1.165) is 0 Å². The summed E-state index contributed by atoms with van der Waals surface area (Å²) < 4.78 is 0. The number of carbonyl (C=O) groups excluding carboxylic acids is 2. The van der Waals surface area contributed by atoms with Crippen molar-refractivity contribution in [3.05, 3.63) is 24.3 Å². The summed E-state index contributed by atoms with van der Waals surface area (Å²) in [6, 6.07) is 0. The Morgan fingerprint density at radius 2 is 0.864 bits per heavy atom. The van der Waals surface area contributed by atoms with Gasteiger partial charge in [0.1, 0.15) is 0 Å². The lowest BCUT2D eigenvalue weighted by Crippen LogP contribution is -2.10. The molecule has 130 valence electrons. The molecule has 4 nitrogen and oxygen atoms in total. The molecule has 4 N–H and O–H groups in total. The van der Waals surface area contributed by atoms with Crippen LogP contribution in [0.3, 0.4) is 0 Å². The van der Waals surface area contributed by atoms with Gasteiger partial charge in [0.2, 0.25) is 11.8 Å². The van der Waals surface area contributed by atoms with Gasteiger partial charge in [-0.25, -0.2) is 0 Å². The Morgan fingerprint density at radius 1 is 0.682 bits per heavy atom. The smallest absolute Gasteiger partial charge is 0.243 e. The standard InChI is InChI=1S/C10H22.2C4H7NO/c1-3-5-7-9-10-8-6-4-2;2*1-3(2)4(5)6/h3-10H2,1-2H3;2*1H2,2H3,(H2,5,6). The van der Waals surface area contributed by atoms with Crippen molar-refractivity contribution in [1.82, 2.24) is 0 Å². The van der Waals surface area contributed by atoms with Crippen molar-refractivity contribution >= 4 is 11.8 Å². The van der Waals surface area contributed by atoms with Gasteiger partial charge >= 0.3 is 0 Å². The molecule has 0 saturated carbocycles. The maximum Gasteiger partial charge on any atom is 0.243 e.